The molecule has 0 spiro atoms. The number of carbonyl (C=O) groups excluding carboxylic acids is 1. The number of benzene rings is 1. The number of carbonyl (C=O) groups is 1. The van der Waals surface area contributed by atoms with Crippen LogP contribution in [0.15, 0.2) is 81.1 Å². The molecule has 0 bridgehead atoms. The molecule has 1 aliphatic carbocycles. The fourth-order valence-electron chi connectivity index (χ4n) is 4.84. The number of rotatable bonds is 8. The summed E-state index contributed by atoms with van der Waals surface area (Å²) in [7, 11) is 0. The Morgan fingerprint density at radius 3 is 2.66 bits per heavy atom. The summed E-state index contributed by atoms with van der Waals surface area (Å²) in [5.41, 5.74) is 4.44. The minimum absolute atomic E-state index is 0.115. The van der Waals surface area contributed by atoms with Crippen molar-refractivity contribution in [3.63, 3.8) is 0 Å². The van der Waals surface area contributed by atoms with Gasteiger partial charge in [0.15, 0.2) is 16.7 Å². The van der Waals surface area contributed by atoms with Crippen molar-refractivity contribution in [1.82, 2.24) is 9.97 Å². The standard InChI is InChI=1S/C29H24N4O3S2/c30-17-21-20-11-10-19(18-6-2-1-3-7-18)16-24(20)38-28(21)31-25(34)12-15-37-29-32-26(22-8-4-13-35-22)27(33-29)23-9-5-14-36-23/h1-9,13-14,19H,10-12,15-16H2,(H,31,34)(H,32,33). The van der Waals surface area contributed by atoms with E-state index in [4.69, 9.17) is 8.83 Å². The predicted molar refractivity (Wildman–Crippen MR) is 148 cm³/mol. The molecule has 1 atom stereocenters. The van der Waals surface area contributed by atoms with E-state index in [1.165, 1.54) is 22.2 Å². The number of imidazole rings is 1. The lowest BCUT2D eigenvalue weighted by molar-refractivity contribution is -0.115. The molecule has 2 N–H and O–H groups in total. The van der Waals surface area contributed by atoms with Gasteiger partial charge in [-0.1, -0.05) is 42.1 Å². The van der Waals surface area contributed by atoms with Crippen molar-refractivity contribution in [3.05, 3.63) is 88.7 Å². The third kappa shape index (κ3) is 4.93. The van der Waals surface area contributed by atoms with Crippen molar-refractivity contribution >= 4 is 34.0 Å². The number of nitrogens with zero attached hydrogens (tertiary/aromatic N) is 2. The Bertz CT molecular complexity index is 1530. The molecule has 0 aliphatic heterocycles. The third-order valence-corrected chi connectivity index (χ3v) is 8.72. The fourth-order valence-corrected chi connectivity index (χ4v) is 6.95. The molecular weight excluding hydrogens is 516 g/mol. The Morgan fingerprint density at radius 1 is 1.13 bits per heavy atom. The van der Waals surface area contributed by atoms with Gasteiger partial charge in [-0.25, -0.2) is 4.98 Å². The maximum Gasteiger partial charge on any atom is 0.225 e. The lowest BCUT2D eigenvalue weighted by atomic mass is 9.83. The molecule has 0 saturated carbocycles. The summed E-state index contributed by atoms with van der Waals surface area (Å²) in [6.45, 7) is 0. The molecule has 38 heavy (non-hydrogen) atoms. The monoisotopic (exact) mass is 540 g/mol. The van der Waals surface area contributed by atoms with Crippen molar-refractivity contribution < 1.29 is 13.6 Å². The van der Waals surface area contributed by atoms with Crippen LogP contribution in [-0.2, 0) is 17.6 Å². The summed E-state index contributed by atoms with van der Waals surface area (Å²) in [4.78, 5) is 22.0. The first-order valence-corrected chi connectivity index (χ1v) is 14.2. The van der Waals surface area contributed by atoms with Gasteiger partial charge in [-0.3, -0.25) is 4.79 Å². The Balaban J connectivity index is 1.10. The van der Waals surface area contributed by atoms with Crippen LogP contribution in [0, 0.1) is 11.3 Å². The molecule has 6 rings (SSSR count). The molecular formula is C29H24N4O3S2. The van der Waals surface area contributed by atoms with Gasteiger partial charge in [-0.05, 0) is 60.6 Å². The third-order valence-electron chi connectivity index (χ3n) is 6.67. The second-order valence-corrected chi connectivity index (χ2v) is 11.2. The molecule has 5 aromatic rings. The topological polar surface area (TPSA) is 108 Å². The van der Waals surface area contributed by atoms with E-state index in [2.05, 4.69) is 45.6 Å². The SMILES string of the molecule is N#Cc1c(NC(=O)CCSc2nc(-c3ccco3)c(-c3ccco3)[nH]2)sc2c1CCC(c1ccccc1)C2. The van der Waals surface area contributed by atoms with Gasteiger partial charge in [0, 0.05) is 17.1 Å². The van der Waals surface area contributed by atoms with Crippen LogP contribution in [0.2, 0.25) is 0 Å². The first-order valence-electron chi connectivity index (χ1n) is 12.4. The smallest absolute Gasteiger partial charge is 0.225 e. The normalized spacial score (nSPS) is 14.7. The van der Waals surface area contributed by atoms with Gasteiger partial charge < -0.3 is 19.1 Å². The lowest BCUT2D eigenvalue weighted by Gasteiger charge is -2.22. The highest BCUT2D eigenvalue weighted by Gasteiger charge is 2.27. The number of hydrogen-bond acceptors (Lipinski definition) is 7. The predicted octanol–water partition coefficient (Wildman–Crippen LogP) is 7.26. The van der Waals surface area contributed by atoms with E-state index >= 15 is 0 Å². The van der Waals surface area contributed by atoms with Crippen LogP contribution in [0.5, 0.6) is 0 Å². The van der Waals surface area contributed by atoms with E-state index < -0.39 is 0 Å². The van der Waals surface area contributed by atoms with Crippen molar-refractivity contribution in [2.24, 2.45) is 0 Å². The number of aromatic amines is 1. The molecule has 0 radical (unpaired) electrons. The van der Waals surface area contributed by atoms with Crippen LogP contribution in [-0.4, -0.2) is 21.6 Å². The van der Waals surface area contributed by atoms with Crippen molar-refractivity contribution in [2.45, 2.75) is 36.8 Å². The molecule has 1 aliphatic rings. The summed E-state index contributed by atoms with van der Waals surface area (Å²) in [6, 6.07) is 20.2. The molecule has 0 saturated heterocycles. The minimum Gasteiger partial charge on any atom is -0.463 e. The zero-order valence-electron chi connectivity index (χ0n) is 20.4. The summed E-state index contributed by atoms with van der Waals surface area (Å²) >= 11 is 3.00. The van der Waals surface area contributed by atoms with Gasteiger partial charge in [-0.2, -0.15) is 5.26 Å². The van der Waals surface area contributed by atoms with Crippen LogP contribution in [0.3, 0.4) is 0 Å². The Morgan fingerprint density at radius 2 is 1.92 bits per heavy atom. The number of hydrogen-bond donors (Lipinski definition) is 2. The van der Waals surface area contributed by atoms with E-state index in [1.54, 1.807) is 23.9 Å². The number of H-pyrrole nitrogens is 1. The Kier molecular flexibility index (Phi) is 6.90. The number of amides is 1. The summed E-state index contributed by atoms with van der Waals surface area (Å²) < 4.78 is 11.1. The molecule has 4 aromatic heterocycles. The summed E-state index contributed by atoms with van der Waals surface area (Å²) in [5.74, 6) is 2.15. The molecule has 1 aromatic carbocycles. The molecule has 0 fully saturated rings. The maximum atomic E-state index is 12.8. The second kappa shape index (κ2) is 10.8. The van der Waals surface area contributed by atoms with Gasteiger partial charge in [0.05, 0.1) is 18.1 Å². The zero-order valence-corrected chi connectivity index (χ0v) is 22.0. The van der Waals surface area contributed by atoms with Crippen LogP contribution in [0.4, 0.5) is 5.00 Å². The van der Waals surface area contributed by atoms with Crippen molar-refractivity contribution in [3.8, 4) is 29.0 Å². The Labute approximate surface area is 227 Å². The number of aromatic nitrogens is 2. The number of furan rings is 2. The van der Waals surface area contributed by atoms with Gasteiger partial charge >= 0.3 is 0 Å². The lowest BCUT2D eigenvalue weighted by Crippen LogP contribution is -2.12. The number of thioether (sulfide) groups is 1. The van der Waals surface area contributed by atoms with Crippen LogP contribution >= 0.6 is 23.1 Å². The molecule has 1 amide bonds. The minimum atomic E-state index is -0.115. The van der Waals surface area contributed by atoms with Crippen molar-refractivity contribution in [1.29, 1.82) is 5.26 Å². The van der Waals surface area contributed by atoms with Gasteiger partial charge in [0.1, 0.15) is 22.5 Å². The van der Waals surface area contributed by atoms with E-state index in [0.717, 1.165) is 30.5 Å². The van der Waals surface area contributed by atoms with Gasteiger partial charge in [0.25, 0.3) is 0 Å². The highest BCUT2D eigenvalue weighted by atomic mass is 32.2. The first-order chi connectivity index (χ1) is 18.7. The Hall–Kier alpha value is -4.00. The quantitative estimate of drug-likeness (QED) is 0.201. The summed E-state index contributed by atoms with van der Waals surface area (Å²) in [6.07, 6.45) is 6.27. The fraction of sp³-hybridized carbons (Fsp3) is 0.207. The second-order valence-electron chi connectivity index (χ2n) is 9.04. The number of nitriles is 1. The largest absolute Gasteiger partial charge is 0.463 e. The van der Waals surface area contributed by atoms with Crippen LogP contribution in [0.25, 0.3) is 22.9 Å². The molecule has 1 unspecified atom stereocenters. The van der Waals surface area contributed by atoms with Gasteiger partial charge in [0.2, 0.25) is 5.91 Å². The van der Waals surface area contributed by atoms with Crippen molar-refractivity contribution in [2.75, 3.05) is 11.1 Å². The number of fused-ring (bicyclic) bond motifs is 1. The number of anilines is 1. The van der Waals surface area contributed by atoms with E-state index in [9.17, 15) is 10.1 Å². The zero-order chi connectivity index (χ0) is 25.9. The van der Waals surface area contributed by atoms with E-state index in [1.807, 2.05) is 30.3 Å². The highest BCUT2D eigenvalue weighted by Crippen LogP contribution is 2.42. The van der Waals surface area contributed by atoms with Crippen LogP contribution in [0.1, 0.15) is 40.3 Å². The highest BCUT2D eigenvalue weighted by molar-refractivity contribution is 7.99. The average molecular weight is 541 g/mol. The van der Waals surface area contributed by atoms with Gasteiger partial charge in [-0.15, -0.1) is 11.3 Å². The molecule has 4 heterocycles. The average Bonchev–Trinajstić information content (AvgIpc) is 3.75. The number of nitrogens with one attached hydrogen (secondary N) is 2. The molecule has 9 heteroatoms. The maximum absolute atomic E-state index is 12.8. The van der Waals surface area contributed by atoms with Crippen LogP contribution < -0.4 is 5.32 Å². The van der Waals surface area contributed by atoms with E-state index in [0.29, 0.717) is 44.6 Å². The van der Waals surface area contributed by atoms with E-state index in [-0.39, 0.29) is 12.3 Å². The summed E-state index contributed by atoms with van der Waals surface area (Å²) in [5, 5.41) is 14.2. The molecule has 190 valence electrons. The first kappa shape index (κ1) is 24.3. The molecule has 7 nitrogen and oxygen atoms in total. The number of thiophene rings is 1.